The molecule has 2 bridgehead atoms. The number of amides is 1. The Bertz CT molecular complexity index is 1380. The molecule has 4 heterocycles. The van der Waals surface area contributed by atoms with Gasteiger partial charge in [-0.15, -0.1) is 0 Å². The number of benzene rings is 2. The topological polar surface area (TPSA) is 97.8 Å². The van der Waals surface area contributed by atoms with Gasteiger partial charge >= 0.3 is 0 Å². The van der Waals surface area contributed by atoms with Crippen LogP contribution in [-0.4, -0.2) is 71.9 Å². The van der Waals surface area contributed by atoms with Gasteiger partial charge in [0.05, 0.1) is 42.2 Å². The Balaban J connectivity index is 1.25. The minimum Gasteiger partial charge on any atom is -0.486 e. The molecule has 3 saturated heterocycles. The van der Waals surface area contributed by atoms with Gasteiger partial charge in [-0.25, -0.2) is 14.4 Å². The molecule has 1 aromatic heterocycles. The zero-order chi connectivity index (χ0) is 26.1. The Hall–Kier alpha value is -3.31. The van der Waals surface area contributed by atoms with Crippen LogP contribution >= 0.6 is 11.6 Å². The average Bonchev–Trinajstić information content (AvgIpc) is 3.66. The van der Waals surface area contributed by atoms with Crippen LogP contribution in [0.3, 0.4) is 0 Å². The summed E-state index contributed by atoms with van der Waals surface area (Å²) in [5.74, 6) is 0.198. The first-order valence-electron chi connectivity index (χ1n) is 12.6. The molecule has 3 aliphatic heterocycles. The Morgan fingerprint density at radius 1 is 1.26 bits per heavy atom. The van der Waals surface area contributed by atoms with Crippen LogP contribution in [0, 0.1) is 5.82 Å². The van der Waals surface area contributed by atoms with Crippen LogP contribution in [0.5, 0.6) is 5.75 Å². The highest BCUT2D eigenvalue weighted by atomic mass is 35.5. The minimum atomic E-state index is -0.508. The van der Waals surface area contributed by atoms with E-state index in [0.717, 1.165) is 26.0 Å². The molecule has 3 aromatic rings. The molecule has 1 unspecified atom stereocenters. The molecule has 9 nitrogen and oxygen atoms in total. The van der Waals surface area contributed by atoms with Crippen molar-refractivity contribution in [2.75, 3.05) is 43.5 Å². The van der Waals surface area contributed by atoms with Crippen molar-refractivity contribution >= 4 is 45.6 Å². The number of hydrogen-bond acceptors (Lipinski definition) is 8. The third-order valence-corrected chi connectivity index (χ3v) is 7.27. The second-order valence-corrected chi connectivity index (χ2v) is 10.0. The lowest BCUT2D eigenvalue weighted by atomic mass is 10.1. The summed E-state index contributed by atoms with van der Waals surface area (Å²) in [5, 5.41) is 6.76. The van der Waals surface area contributed by atoms with Crippen molar-refractivity contribution in [3.8, 4) is 5.75 Å². The van der Waals surface area contributed by atoms with Crippen LogP contribution in [0.25, 0.3) is 10.9 Å². The fraction of sp³-hybridized carbons (Fsp3) is 0.370. The first-order valence-corrected chi connectivity index (χ1v) is 13.0. The lowest BCUT2D eigenvalue weighted by molar-refractivity contribution is -0.111. The Morgan fingerprint density at radius 2 is 2.18 bits per heavy atom. The number of fused-ring (bicyclic) bond motifs is 3. The van der Waals surface area contributed by atoms with Crippen molar-refractivity contribution in [2.24, 2.45) is 0 Å². The second-order valence-electron chi connectivity index (χ2n) is 9.64. The van der Waals surface area contributed by atoms with E-state index in [4.69, 9.17) is 25.8 Å². The molecule has 0 aliphatic carbocycles. The fourth-order valence-corrected chi connectivity index (χ4v) is 5.23. The van der Waals surface area contributed by atoms with Crippen LogP contribution < -0.4 is 15.4 Å². The van der Waals surface area contributed by atoms with E-state index in [0.29, 0.717) is 65.7 Å². The summed E-state index contributed by atoms with van der Waals surface area (Å²) in [4.78, 5) is 24.0. The third kappa shape index (κ3) is 5.44. The second kappa shape index (κ2) is 10.8. The summed E-state index contributed by atoms with van der Waals surface area (Å²) < 4.78 is 30.9. The van der Waals surface area contributed by atoms with E-state index >= 15 is 0 Å². The van der Waals surface area contributed by atoms with E-state index in [1.807, 2.05) is 6.08 Å². The molecule has 198 valence electrons. The SMILES string of the molecule is O=C(/C=C/CN1C[C@H]2CC1CO2)Nc1cc2c(Nc3ccc(F)c(Cl)c3)ncnc2cc1O[C@@H]1CCOC1. The smallest absolute Gasteiger partial charge is 0.248 e. The molecule has 0 saturated carbocycles. The molecule has 0 radical (unpaired) electrons. The largest absolute Gasteiger partial charge is 0.486 e. The van der Waals surface area contributed by atoms with Crippen molar-refractivity contribution in [1.82, 2.24) is 14.9 Å². The molecule has 3 atom stereocenters. The van der Waals surface area contributed by atoms with E-state index in [1.165, 1.54) is 18.5 Å². The number of anilines is 3. The lowest BCUT2D eigenvalue weighted by Crippen LogP contribution is -2.36. The van der Waals surface area contributed by atoms with E-state index in [2.05, 4.69) is 25.5 Å². The van der Waals surface area contributed by atoms with Crippen molar-refractivity contribution in [3.05, 3.63) is 59.7 Å². The summed E-state index contributed by atoms with van der Waals surface area (Å²) in [6, 6.07) is 8.31. The van der Waals surface area contributed by atoms with Gasteiger partial charge in [-0.05, 0) is 30.7 Å². The monoisotopic (exact) mass is 539 g/mol. The number of nitrogens with one attached hydrogen (secondary N) is 2. The number of likely N-dealkylation sites (tertiary alicyclic amines) is 1. The summed E-state index contributed by atoms with van der Waals surface area (Å²) in [7, 11) is 0. The van der Waals surface area contributed by atoms with E-state index in [-0.39, 0.29) is 17.0 Å². The van der Waals surface area contributed by atoms with Gasteiger partial charge in [0.15, 0.2) is 0 Å². The Labute approximate surface area is 223 Å². The van der Waals surface area contributed by atoms with Crippen molar-refractivity contribution in [1.29, 1.82) is 0 Å². The number of halogens is 2. The number of hydrogen-bond donors (Lipinski definition) is 2. The van der Waals surface area contributed by atoms with Crippen LogP contribution in [0.4, 0.5) is 21.6 Å². The van der Waals surface area contributed by atoms with Gasteiger partial charge in [-0.1, -0.05) is 17.7 Å². The fourth-order valence-electron chi connectivity index (χ4n) is 5.05. The highest BCUT2D eigenvalue weighted by Gasteiger charge is 2.38. The number of aromatic nitrogens is 2. The van der Waals surface area contributed by atoms with Crippen LogP contribution in [0.1, 0.15) is 12.8 Å². The van der Waals surface area contributed by atoms with E-state index in [1.54, 1.807) is 24.3 Å². The van der Waals surface area contributed by atoms with Crippen LogP contribution in [-0.2, 0) is 14.3 Å². The Kier molecular flexibility index (Phi) is 7.12. The number of carbonyl (C=O) groups is 1. The summed E-state index contributed by atoms with van der Waals surface area (Å²) in [6.07, 6.45) is 6.86. The average molecular weight is 540 g/mol. The standard InChI is InChI=1S/C27H27ClFN5O4/c28-21-8-16(3-4-22(21)29)32-27-20-10-24(25(11-23(20)30-15-31-27)38-18-5-7-36-14-18)33-26(35)2-1-6-34-12-19-9-17(34)13-37-19/h1-4,8,10-11,15,17-19H,5-7,9,12-14H2,(H,33,35)(H,30,31,32)/b2-1+/t17?,18-,19-/m1/s1. The van der Waals surface area contributed by atoms with Gasteiger partial charge < -0.3 is 24.8 Å². The van der Waals surface area contributed by atoms with Crippen LogP contribution in [0.2, 0.25) is 5.02 Å². The molecular formula is C27H27ClFN5O4. The van der Waals surface area contributed by atoms with Gasteiger partial charge in [-0.2, -0.15) is 0 Å². The first kappa shape index (κ1) is 25.0. The highest BCUT2D eigenvalue weighted by Crippen LogP contribution is 2.35. The molecule has 3 aliphatic rings. The number of carbonyl (C=O) groups excluding carboxylic acids is 1. The summed E-state index contributed by atoms with van der Waals surface area (Å²) in [5.41, 5.74) is 1.67. The maximum Gasteiger partial charge on any atom is 0.248 e. The summed E-state index contributed by atoms with van der Waals surface area (Å²) in [6.45, 7) is 3.46. The van der Waals surface area contributed by atoms with Gasteiger partial charge in [0.1, 0.15) is 29.8 Å². The third-order valence-electron chi connectivity index (χ3n) is 6.98. The van der Waals surface area contributed by atoms with Gasteiger partial charge in [0, 0.05) is 48.8 Å². The number of morpholine rings is 1. The molecule has 2 aromatic carbocycles. The van der Waals surface area contributed by atoms with Crippen molar-refractivity contribution in [3.63, 3.8) is 0 Å². The maximum atomic E-state index is 13.6. The Morgan fingerprint density at radius 3 is 2.95 bits per heavy atom. The molecule has 2 N–H and O–H groups in total. The van der Waals surface area contributed by atoms with Gasteiger partial charge in [0.2, 0.25) is 5.91 Å². The number of nitrogens with zero attached hydrogens (tertiary/aromatic N) is 3. The predicted molar refractivity (Wildman–Crippen MR) is 142 cm³/mol. The number of rotatable bonds is 8. The highest BCUT2D eigenvalue weighted by molar-refractivity contribution is 6.31. The molecule has 11 heteroatoms. The van der Waals surface area contributed by atoms with Gasteiger partial charge in [-0.3, -0.25) is 9.69 Å². The van der Waals surface area contributed by atoms with E-state index < -0.39 is 5.82 Å². The summed E-state index contributed by atoms with van der Waals surface area (Å²) >= 11 is 5.95. The first-order chi connectivity index (χ1) is 18.5. The lowest BCUT2D eigenvalue weighted by Gasteiger charge is -2.25. The normalized spacial score (nSPS) is 22.9. The minimum absolute atomic E-state index is 0.00291. The molecule has 3 fully saturated rings. The molecule has 38 heavy (non-hydrogen) atoms. The molecule has 0 spiro atoms. The predicted octanol–water partition coefficient (Wildman–Crippen LogP) is 4.30. The molecule has 1 amide bonds. The molecular weight excluding hydrogens is 513 g/mol. The quantitative estimate of drug-likeness (QED) is 0.409. The van der Waals surface area contributed by atoms with Gasteiger partial charge in [0.25, 0.3) is 0 Å². The zero-order valence-corrected chi connectivity index (χ0v) is 21.3. The number of ether oxygens (including phenoxy) is 3. The molecule has 6 rings (SSSR count). The van der Waals surface area contributed by atoms with Crippen LogP contribution in [0.15, 0.2) is 48.8 Å². The van der Waals surface area contributed by atoms with E-state index in [9.17, 15) is 9.18 Å². The maximum absolute atomic E-state index is 13.6. The van der Waals surface area contributed by atoms with Crippen molar-refractivity contribution in [2.45, 2.75) is 31.1 Å². The zero-order valence-electron chi connectivity index (χ0n) is 20.5. The van der Waals surface area contributed by atoms with Crippen molar-refractivity contribution < 1.29 is 23.4 Å².